The molecule has 0 aliphatic heterocycles. The lowest BCUT2D eigenvalue weighted by Gasteiger charge is -2.12. The van der Waals surface area contributed by atoms with Crippen LogP contribution in [0.4, 0.5) is 33.6 Å². The van der Waals surface area contributed by atoms with E-state index in [1.807, 2.05) is 6.07 Å². The molecule has 0 unspecified atom stereocenters. The smallest absolute Gasteiger partial charge is 0.425 e. The van der Waals surface area contributed by atoms with Gasteiger partial charge in [0.15, 0.2) is 11.3 Å². The number of thiazole rings is 1. The van der Waals surface area contributed by atoms with E-state index < -0.39 is 93.3 Å². The number of nitrogens with zero attached hydrogens (tertiary/aromatic N) is 10. The van der Waals surface area contributed by atoms with Crippen molar-refractivity contribution in [1.82, 2.24) is 14.4 Å². The normalized spacial score (nSPS) is 12.8. The summed E-state index contributed by atoms with van der Waals surface area (Å²) in [5.74, 6) is -1.82. The van der Waals surface area contributed by atoms with Crippen LogP contribution in [-0.4, -0.2) is 121 Å². The van der Waals surface area contributed by atoms with Crippen molar-refractivity contribution in [2.45, 2.75) is 53.2 Å². The van der Waals surface area contributed by atoms with Crippen LogP contribution < -0.4 is 4.74 Å². The summed E-state index contributed by atoms with van der Waals surface area (Å²) in [7, 11) is -26.1. The maximum absolute atomic E-state index is 12.4. The van der Waals surface area contributed by atoms with Gasteiger partial charge >= 0.3 is 10.6 Å². The number of thioether (sulfide) groups is 1. The summed E-state index contributed by atoms with van der Waals surface area (Å²) in [6, 6.07) is 14.2. The summed E-state index contributed by atoms with van der Waals surface area (Å²) in [6.45, 7) is 4.24. The molecule has 0 radical (unpaired) electrons. The Morgan fingerprint density at radius 3 is 1.96 bits per heavy atom. The zero-order valence-corrected chi connectivity index (χ0v) is 49.3. The monoisotopic (exact) mass is 1320 g/mol. The molecule has 5 aromatic carbocycles. The fourth-order valence-electron chi connectivity index (χ4n) is 7.76. The highest BCUT2D eigenvalue weighted by Gasteiger charge is 2.26. The molecule has 0 spiro atoms. The molecule has 0 atom stereocenters. The van der Waals surface area contributed by atoms with E-state index in [1.54, 1.807) is 6.92 Å². The quantitative estimate of drug-likeness (QED) is 0.0190. The van der Waals surface area contributed by atoms with E-state index in [9.17, 15) is 75.2 Å². The molecule has 0 aliphatic carbocycles. The van der Waals surface area contributed by atoms with Crippen LogP contribution in [0.1, 0.15) is 35.1 Å². The second kappa shape index (κ2) is 24.6. The van der Waals surface area contributed by atoms with Gasteiger partial charge in [-0.25, -0.2) is 9.97 Å². The van der Waals surface area contributed by atoms with E-state index in [4.69, 9.17) is 29.0 Å². The first kappa shape index (κ1) is 63.5. The minimum atomic E-state index is -4.90. The second-order valence-corrected chi connectivity index (χ2v) is 27.5. The number of halogens is 1. The Morgan fingerprint density at radius 1 is 0.711 bits per heavy atom. The fourth-order valence-corrected chi connectivity index (χ4v) is 12.8. The Balaban J connectivity index is 0.00000240. The van der Waals surface area contributed by atoms with Crippen molar-refractivity contribution in [3.8, 4) is 17.7 Å². The lowest BCUT2D eigenvalue weighted by Crippen LogP contribution is -2.08. The molecule has 8 rings (SSSR count). The first-order valence-corrected chi connectivity index (χ1v) is 33.3. The molecular formula is C44H37ClN10O20S8. The lowest BCUT2D eigenvalue weighted by atomic mass is 10.1. The van der Waals surface area contributed by atoms with Crippen LogP contribution in [0.5, 0.6) is 11.6 Å². The number of hydrogen-bond donors (Lipinski definition) is 6. The highest BCUT2D eigenvalue weighted by molar-refractivity contribution is 7.99. The predicted octanol–water partition coefficient (Wildman–Crippen LogP) is 9.42. The summed E-state index contributed by atoms with van der Waals surface area (Å²) < 4.78 is 200. The number of aryl methyl sites for hydroxylation is 2. The van der Waals surface area contributed by atoms with Gasteiger partial charge < -0.3 is 9.84 Å². The lowest BCUT2D eigenvalue weighted by molar-refractivity contribution is 0.317. The standard InChI is InChI=1S/C44H37ClN10O17S7.O3S/c1-21-13-32(51-53-38-23(3)28(20-46)42-47-34-16-26(78(66,67)68)12-22(2)40(34)55(42)43(38)56)35(72-8-4-10-75(57,58)59)18-30(21)49-52-33-17-29(45)31(19-36(33)73-9-5-11-76(60,61)62)50-54-44-48-39-37(79(69,70)71)14-24-6-7-25(77(63,64)65)15-27(24)41(39)74-44;1-4(2)3/h6-7,12-19,56H,4-5,8-11H2,1-3H3,(H,57,58,59)(H,60,61,62)(H,63,64,65)(H,66,67,68)(H,69,70,71);. The molecule has 39 heteroatoms. The Morgan fingerprint density at radius 2 is 1.34 bits per heavy atom. The van der Waals surface area contributed by atoms with Gasteiger partial charge in [0.25, 0.3) is 50.6 Å². The molecule has 0 aliphatic rings. The van der Waals surface area contributed by atoms with Crippen LogP contribution in [0, 0.1) is 32.1 Å². The third-order valence-electron chi connectivity index (χ3n) is 11.4. The molecule has 0 saturated carbocycles. The van der Waals surface area contributed by atoms with Crippen molar-refractivity contribution < 1.29 is 87.3 Å². The van der Waals surface area contributed by atoms with Crippen LogP contribution in [-0.2, 0) is 61.2 Å². The maximum Gasteiger partial charge on any atom is 0.425 e. The zero-order chi connectivity index (χ0) is 61.3. The number of benzene rings is 5. The largest absolute Gasteiger partial charge is 0.493 e. The minimum Gasteiger partial charge on any atom is -0.493 e. The average Bonchev–Trinajstić information content (AvgIpc) is 3.02. The van der Waals surface area contributed by atoms with E-state index in [0.29, 0.717) is 5.56 Å². The highest BCUT2D eigenvalue weighted by atomic mass is 35.5. The third kappa shape index (κ3) is 15.4. The molecule has 30 nitrogen and oxygen atoms in total. The van der Waals surface area contributed by atoms with Gasteiger partial charge in [0, 0.05) is 21.9 Å². The number of rotatable bonds is 19. The molecular weight excluding hydrogens is 1280 g/mol. The molecule has 3 aromatic heterocycles. The third-order valence-corrected chi connectivity index (χ3v) is 17.9. The van der Waals surface area contributed by atoms with Gasteiger partial charge in [-0.15, -0.1) is 50.0 Å². The Hall–Kier alpha value is -7.10. The van der Waals surface area contributed by atoms with Gasteiger partial charge in [0.1, 0.15) is 44.9 Å². The second-order valence-electron chi connectivity index (χ2n) is 17.2. The van der Waals surface area contributed by atoms with Crippen molar-refractivity contribution in [3.63, 3.8) is 0 Å². The molecule has 8 aromatic rings. The molecule has 3 heterocycles. The van der Waals surface area contributed by atoms with Gasteiger partial charge in [-0.2, -0.15) is 52.5 Å². The van der Waals surface area contributed by atoms with E-state index in [2.05, 4.69) is 40.7 Å². The summed E-state index contributed by atoms with van der Waals surface area (Å²) in [5.41, 5.74) is 0.442. The van der Waals surface area contributed by atoms with Crippen molar-refractivity contribution in [1.29, 1.82) is 5.26 Å². The molecule has 0 amide bonds. The van der Waals surface area contributed by atoms with Crippen LogP contribution >= 0.6 is 34.7 Å². The number of nitriles is 1. The fraction of sp³-hybridized carbons (Fsp3) is 0.205. The van der Waals surface area contributed by atoms with Gasteiger partial charge in [0.2, 0.25) is 11.0 Å². The van der Waals surface area contributed by atoms with E-state index >= 15 is 0 Å². The number of azo groups is 3. The van der Waals surface area contributed by atoms with Crippen molar-refractivity contribution in [2.75, 3.05) is 23.9 Å². The summed E-state index contributed by atoms with van der Waals surface area (Å²) in [4.78, 5) is 7.26. The maximum atomic E-state index is 12.4. The van der Waals surface area contributed by atoms with Crippen molar-refractivity contribution >= 4 is 167 Å². The number of pyridine rings is 1. The first-order valence-electron chi connectivity index (χ1n) is 22.6. The summed E-state index contributed by atoms with van der Waals surface area (Å²) >= 11 is 8.51. The average molecular weight is 1320 g/mol. The van der Waals surface area contributed by atoms with Crippen LogP contribution in [0.15, 0.2) is 111 Å². The number of ether oxygens (including phenoxy) is 1. The number of aromatic hydroxyl groups is 1. The van der Waals surface area contributed by atoms with E-state index in [1.165, 1.54) is 48.6 Å². The molecule has 0 bridgehead atoms. The number of aromatic nitrogens is 3. The van der Waals surface area contributed by atoms with Crippen LogP contribution in [0.3, 0.4) is 0 Å². The van der Waals surface area contributed by atoms with Crippen LogP contribution in [0.2, 0.25) is 5.02 Å². The molecule has 83 heavy (non-hydrogen) atoms. The predicted molar refractivity (Wildman–Crippen MR) is 298 cm³/mol. The topological polar surface area (TPSA) is 481 Å². The van der Waals surface area contributed by atoms with Crippen molar-refractivity contribution in [3.05, 3.63) is 87.9 Å². The van der Waals surface area contributed by atoms with Gasteiger partial charge in [-0.3, -0.25) is 27.2 Å². The Labute approximate surface area is 484 Å². The minimum absolute atomic E-state index is 0.0146. The number of imidazole rings is 1. The summed E-state index contributed by atoms with van der Waals surface area (Å²) in [5, 5.41) is 47.6. The molecule has 438 valence electrons. The Bertz CT molecular complexity index is 4870. The van der Waals surface area contributed by atoms with Gasteiger partial charge in [-0.05, 0) is 104 Å². The number of fused-ring (bicyclic) bond motifs is 6. The zero-order valence-electron chi connectivity index (χ0n) is 42.0. The van der Waals surface area contributed by atoms with Gasteiger partial charge in [-0.1, -0.05) is 29.0 Å². The van der Waals surface area contributed by atoms with E-state index in [0.717, 1.165) is 53.4 Å². The van der Waals surface area contributed by atoms with Crippen molar-refractivity contribution in [2.24, 2.45) is 30.7 Å². The van der Waals surface area contributed by atoms with Gasteiger partial charge in [0.05, 0.1) is 54.3 Å². The molecule has 0 fully saturated rings. The highest BCUT2D eigenvalue weighted by Crippen LogP contribution is 2.45. The summed E-state index contributed by atoms with van der Waals surface area (Å²) in [6.07, 6.45) is -0.240. The van der Waals surface area contributed by atoms with Crippen LogP contribution in [0.25, 0.3) is 37.7 Å². The molecule has 0 saturated heterocycles. The molecule has 6 N–H and O–H groups in total. The van der Waals surface area contributed by atoms with E-state index in [-0.39, 0.29) is 129 Å². The SMILES string of the molecule is Cc1cc(N=Nc2c(C)c(C#N)c3nc4cc(S(=O)(=O)O)cc(C)c4n3c2O)c(OCCCS(=O)(=O)O)cc1N=Nc1cc(Cl)c(N=Nc2nc3c(S(=O)(=O)O)cc4ccc(S(=O)(=O)O)cc4c3s2)cc1SCCCS(=O)(=O)O.O=S(=O)=O. The Kier molecular flexibility index (Phi) is 18.8. The number of hydrogen-bond acceptors (Lipinski definition) is 26. The first-order chi connectivity index (χ1) is 38.5.